The average Bonchev–Trinajstić information content (AvgIpc) is 2.69. The molecule has 1 aliphatic heterocycles. The summed E-state index contributed by atoms with van der Waals surface area (Å²) in [5, 5.41) is 0. The van der Waals surface area contributed by atoms with Crippen molar-refractivity contribution in [2.75, 3.05) is 50.0 Å². The van der Waals surface area contributed by atoms with E-state index in [1.807, 2.05) is 7.05 Å². The van der Waals surface area contributed by atoms with Gasteiger partial charge in [-0.05, 0) is 49.9 Å². The van der Waals surface area contributed by atoms with Crippen molar-refractivity contribution in [3.63, 3.8) is 0 Å². The number of alkyl halides is 2. The van der Waals surface area contributed by atoms with Gasteiger partial charge in [0.15, 0.2) is 0 Å². The lowest BCUT2D eigenvalue weighted by Crippen LogP contribution is -2.44. The Labute approximate surface area is 175 Å². The summed E-state index contributed by atoms with van der Waals surface area (Å²) in [5.41, 5.74) is 1.27. The molecular formula is C20H25F2N3O4S. The zero-order chi connectivity index (χ0) is 21.9. The van der Waals surface area contributed by atoms with Crippen molar-refractivity contribution >= 4 is 21.4 Å². The van der Waals surface area contributed by atoms with Crippen molar-refractivity contribution in [3.8, 4) is 11.5 Å². The maximum atomic E-state index is 13.0. The predicted molar refractivity (Wildman–Crippen MR) is 111 cm³/mol. The summed E-state index contributed by atoms with van der Waals surface area (Å²) in [6.07, 6.45) is 0. The average molecular weight is 442 g/mol. The van der Waals surface area contributed by atoms with Gasteiger partial charge >= 0.3 is 6.61 Å². The van der Waals surface area contributed by atoms with Crippen LogP contribution in [0, 0.1) is 6.92 Å². The number of benzene rings is 2. The number of hydrogen-bond acceptors (Lipinski definition) is 6. The third kappa shape index (κ3) is 5.11. The predicted octanol–water partition coefficient (Wildman–Crippen LogP) is 3.16. The topological polar surface area (TPSA) is 71.1 Å². The van der Waals surface area contributed by atoms with Gasteiger partial charge in [-0.3, -0.25) is 4.72 Å². The third-order valence-corrected chi connectivity index (χ3v) is 6.27. The monoisotopic (exact) mass is 441 g/mol. The van der Waals surface area contributed by atoms with Crippen LogP contribution in [0.4, 0.5) is 20.2 Å². The molecule has 0 atom stereocenters. The van der Waals surface area contributed by atoms with Gasteiger partial charge in [0.25, 0.3) is 10.0 Å². The van der Waals surface area contributed by atoms with E-state index in [-0.39, 0.29) is 16.3 Å². The summed E-state index contributed by atoms with van der Waals surface area (Å²) in [7, 11) is -0.492. The molecule has 7 nitrogen and oxygen atoms in total. The van der Waals surface area contributed by atoms with Crippen LogP contribution in [0.15, 0.2) is 41.3 Å². The second-order valence-electron chi connectivity index (χ2n) is 7.11. The SMILES string of the molecule is COc1ccc(S(=O)(=O)Nc2ccc(C)cc2OC(F)F)cc1N1CCN(C)CC1. The molecule has 164 valence electrons. The second-order valence-corrected chi connectivity index (χ2v) is 8.79. The molecule has 0 aromatic heterocycles. The molecule has 1 aliphatic rings. The molecular weight excluding hydrogens is 416 g/mol. The van der Waals surface area contributed by atoms with Crippen LogP contribution in [0.3, 0.4) is 0 Å². The number of ether oxygens (including phenoxy) is 2. The molecule has 0 bridgehead atoms. The van der Waals surface area contributed by atoms with Gasteiger partial charge in [-0.1, -0.05) is 6.07 Å². The summed E-state index contributed by atoms with van der Waals surface area (Å²) in [6, 6.07) is 8.91. The first-order valence-corrected chi connectivity index (χ1v) is 10.9. The lowest BCUT2D eigenvalue weighted by atomic mass is 10.2. The van der Waals surface area contributed by atoms with E-state index in [4.69, 9.17) is 4.74 Å². The van der Waals surface area contributed by atoms with E-state index in [0.29, 0.717) is 17.0 Å². The number of hydrogen-bond donors (Lipinski definition) is 1. The van der Waals surface area contributed by atoms with Crippen LogP contribution in [0.2, 0.25) is 0 Å². The van der Waals surface area contributed by atoms with Crippen LogP contribution >= 0.6 is 0 Å². The van der Waals surface area contributed by atoms with E-state index in [0.717, 1.165) is 26.2 Å². The van der Waals surface area contributed by atoms with Crippen LogP contribution in [-0.2, 0) is 10.0 Å². The lowest BCUT2D eigenvalue weighted by Gasteiger charge is -2.34. The lowest BCUT2D eigenvalue weighted by molar-refractivity contribution is -0.0493. The highest BCUT2D eigenvalue weighted by molar-refractivity contribution is 7.92. The van der Waals surface area contributed by atoms with Crippen molar-refractivity contribution in [2.45, 2.75) is 18.4 Å². The van der Waals surface area contributed by atoms with E-state index < -0.39 is 16.6 Å². The van der Waals surface area contributed by atoms with E-state index in [2.05, 4.69) is 19.3 Å². The van der Waals surface area contributed by atoms with E-state index in [9.17, 15) is 17.2 Å². The molecule has 30 heavy (non-hydrogen) atoms. The van der Waals surface area contributed by atoms with E-state index in [1.165, 1.54) is 31.4 Å². The fourth-order valence-electron chi connectivity index (χ4n) is 3.24. The fraction of sp³-hybridized carbons (Fsp3) is 0.400. The van der Waals surface area contributed by atoms with Crippen LogP contribution in [0.1, 0.15) is 5.56 Å². The van der Waals surface area contributed by atoms with Gasteiger partial charge in [-0.25, -0.2) is 8.42 Å². The van der Waals surface area contributed by atoms with Crippen LogP contribution < -0.4 is 19.1 Å². The van der Waals surface area contributed by atoms with Gasteiger partial charge in [-0.2, -0.15) is 8.78 Å². The number of sulfonamides is 1. The summed E-state index contributed by atoms with van der Waals surface area (Å²) in [5.74, 6) is 0.330. The normalized spacial score (nSPS) is 15.3. The molecule has 1 N–H and O–H groups in total. The van der Waals surface area contributed by atoms with E-state index >= 15 is 0 Å². The van der Waals surface area contributed by atoms with Gasteiger partial charge in [-0.15, -0.1) is 0 Å². The summed E-state index contributed by atoms with van der Waals surface area (Å²) < 4.78 is 63.7. The molecule has 0 unspecified atom stereocenters. The molecule has 2 aromatic rings. The van der Waals surface area contributed by atoms with Crippen LogP contribution in [0.25, 0.3) is 0 Å². The summed E-state index contributed by atoms with van der Waals surface area (Å²) in [6.45, 7) is 1.77. The summed E-state index contributed by atoms with van der Waals surface area (Å²) >= 11 is 0. The maximum absolute atomic E-state index is 13.0. The second kappa shape index (κ2) is 9.05. The highest BCUT2D eigenvalue weighted by atomic mass is 32.2. The molecule has 3 rings (SSSR count). The fourth-order valence-corrected chi connectivity index (χ4v) is 4.33. The number of nitrogens with one attached hydrogen (secondary N) is 1. The van der Waals surface area contributed by atoms with Gasteiger partial charge in [0.1, 0.15) is 11.5 Å². The number of piperazine rings is 1. The minimum atomic E-state index is -4.05. The Morgan fingerprint density at radius 1 is 1.03 bits per heavy atom. The van der Waals surface area contributed by atoms with Crippen molar-refractivity contribution in [1.82, 2.24) is 4.90 Å². The van der Waals surface area contributed by atoms with Crippen LogP contribution in [0.5, 0.6) is 11.5 Å². The first kappa shape index (κ1) is 22.1. The van der Waals surface area contributed by atoms with Gasteiger partial charge in [0.2, 0.25) is 0 Å². The molecule has 2 aromatic carbocycles. The largest absolute Gasteiger partial charge is 0.495 e. The molecule has 0 aliphatic carbocycles. The molecule has 1 saturated heterocycles. The molecule has 0 saturated carbocycles. The number of rotatable bonds is 7. The summed E-state index contributed by atoms with van der Waals surface area (Å²) in [4.78, 5) is 4.25. The number of anilines is 2. The van der Waals surface area contributed by atoms with Crippen molar-refractivity contribution in [2.24, 2.45) is 0 Å². The van der Waals surface area contributed by atoms with E-state index in [1.54, 1.807) is 19.1 Å². The number of methoxy groups -OCH3 is 1. The third-order valence-electron chi connectivity index (χ3n) is 4.90. The van der Waals surface area contributed by atoms with Crippen LogP contribution in [-0.4, -0.2) is 60.3 Å². The zero-order valence-corrected chi connectivity index (χ0v) is 17.9. The molecule has 0 spiro atoms. The van der Waals surface area contributed by atoms with Gasteiger partial charge < -0.3 is 19.3 Å². The Kier molecular flexibility index (Phi) is 6.67. The van der Waals surface area contributed by atoms with Crippen molar-refractivity contribution in [1.29, 1.82) is 0 Å². The van der Waals surface area contributed by atoms with Crippen molar-refractivity contribution < 1.29 is 26.7 Å². The maximum Gasteiger partial charge on any atom is 0.387 e. The van der Waals surface area contributed by atoms with Crippen molar-refractivity contribution in [3.05, 3.63) is 42.0 Å². The first-order valence-electron chi connectivity index (χ1n) is 9.39. The standard InChI is InChI=1S/C20H25F2N3O4S/c1-14-4-6-16(19(12-14)29-20(21)22)23-30(26,27)15-5-7-18(28-3)17(13-15)25-10-8-24(2)9-11-25/h4-7,12-13,20,23H,8-11H2,1-3H3. The molecule has 1 fully saturated rings. The molecule has 1 heterocycles. The Bertz CT molecular complexity index is 994. The Morgan fingerprint density at radius 3 is 2.37 bits per heavy atom. The molecule has 0 radical (unpaired) electrons. The number of nitrogens with zero attached hydrogens (tertiary/aromatic N) is 2. The highest BCUT2D eigenvalue weighted by Crippen LogP contribution is 2.34. The highest BCUT2D eigenvalue weighted by Gasteiger charge is 2.23. The quantitative estimate of drug-likeness (QED) is 0.712. The number of halogens is 2. The molecule has 0 amide bonds. The zero-order valence-electron chi connectivity index (χ0n) is 17.1. The Hall–Kier alpha value is -2.59. The number of likely N-dealkylation sites (N-methyl/N-ethyl adjacent to an activating group) is 1. The Balaban J connectivity index is 1.92. The molecule has 10 heteroatoms. The number of aryl methyl sites for hydroxylation is 1. The Morgan fingerprint density at radius 2 is 1.73 bits per heavy atom. The minimum absolute atomic E-state index is 0.000741. The smallest absolute Gasteiger partial charge is 0.387 e. The van der Waals surface area contributed by atoms with Gasteiger partial charge in [0.05, 0.1) is 23.4 Å². The minimum Gasteiger partial charge on any atom is -0.495 e. The van der Waals surface area contributed by atoms with Gasteiger partial charge in [0, 0.05) is 26.2 Å². The first-order chi connectivity index (χ1) is 14.2.